The van der Waals surface area contributed by atoms with E-state index in [2.05, 4.69) is 0 Å². The summed E-state index contributed by atoms with van der Waals surface area (Å²) in [7, 11) is 3.54. The second-order valence-corrected chi connectivity index (χ2v) is 2.62. The normalized spacial score (nSPS) is 8.73. The Kier molecular flexibility index (Phi) is 3.51. The van der Waals surface area contributed by atoms with E-state index in [1.165, 1.54) is 20.0 Å². The summed E-state index contributed by atoms with van der Waals surface area (Å²) in [6.45, 7) is 2.77. The smallest absolute Gasteiger partial charge is 0.164 e. The Morgan fingerprint density at radius 3 is 1.55 bits per heavy atom. The molecule has 3 nitrogen and oxygen atoms in total. The molecule has 0 spiro atoms. The van der Waals surface area contributed by atoms with Crippen LogP contribution in [0.5, 0.6) is 0 Å². The number of allylic oxidation sites excluding steroid dienone is 1. The fraction of sp³-hybridized carbons (Fsp3) is 0.500. The van der Waals surface area contributed by atoms with E-state index >= 15 is 0 Å². The monoisotopic (exact) mass is 155 g/mol. The minimum absolute atomic E-state index is 0.189. The molecule has 0 heterocycles. The molecule has 0 aliphatic carbocycles. The van der Waals surface area contributed by atoms with Gasteiger partial charge in [0.2, 0.25) is 0 Å². The Labute approximate surface area is 66.7 Å². The molecule has 3 heteroatoms. The lowest BCUT2D eigenvalue weighted by atomic mass is 10.1. The fourth-order valence-electron chi connectivity index (χ4n) is 0.688. The number of carbonyl (C=O) groups excluding carboxylic acids is 2. The van der Waals surface area contributed by atoms with Crippen LogP contribution in [-0.4, -0.2) is 30.6 Å². The van der Waals surface area contributed by atoms with Crippen molar-refractivity contribution < 1.29 is 9.59 Å². The highest BCUT2D eigenvalue weighted by atomic mass is 16.1. The molecule has 11 heavy (non-hydrogen) atoms. The molecule has 0 bridgehead atoms. The molecular weight excluding hydrogens is 142 g/mol. The lowest BCUT2D eigenvalue weighted by Crippen LogP contribution is -2.12. The second-order valence-electron chi connectivity index (χ2n) is 2.62. The van der Waals surface area contributed by atoms with Crippen molar-refractivity contribution in [1.82, 2.24) is 4.90 Å². The minimum atomic E-state index is -0.189. The minimum Gasteiger partial charge on any atom is -0.383 e. The summed E-state index contributed by atoms with van der Waals surface area (Å²) in [6.07, 6.45) is 1.53. The topological polar surface area (TPSA) is 37.4 Å². The standard InChI is InChI=1S/C8H13NO2/c1-6(10)8(7(2)11)5-9(3)4/h5H,1-4H3. The molecule has 0 fully saturated rings. The highest BCUT2D eigenvalue weighted by Gasteiger charge is 2.08. The van der Waals surface area contributed by atoms with E-state index in [1.54, 1.807) is 19.0 Å². The Morgan fingerprint density at radius 2 is 1.45 bits per heavy atom. The molecule has 0 aliphatic heterocycles. The highest BCUT2D eigenvalue weighted by Crippen LogP contribution is 1.98. The Hall–Kier alpha value is -1.12. The summed E-state index contributed by atoms with van der Waals surface area (Å²) in [4.78, 5) is 23.3. The molecule has 0 radical (unpaired) electrons. The molecule has 0 N–H and O–H groups in total. The van der Waals surface area contributed by atoms with E-state index < -0.39 is 0 Å². The van der Waals surface area contributed by atoms with Crippen LogP contribution in [0.1, 0.15) is 13.8 Å². The molecule has 0 amide bonds. The van der Waals surface area contributed by atoms with Crippen LogP contribution in [0.4, 0.5) is 0 Å². The summed E-state index contributed by atoms with van der Waals surface area (Å²) in [5.41, 5.74) is 0.245. The molecule has 0 aromatic carbocycles. The van der Waals surface area contributed by atoms with Gasteiger partial charge in [-0.15, -0.1) is 0 Å². The van der Waals surface area contributed by atoms with Crippen molar-refractivity contribution in [2.45, 2.75) is 13.8 Å². The van der Waals surface area contributed by atoms with E-state index in [9.17, 15) is 9.59 Å². The summed E-state index contributed by atoms with van der Waals surface area (Å²) in [5.74, 6) is -0.377. The van der Waals surface area contributed by atoms with Crippen molar-refractivity contribution in [3.05, 3.63) is 11.8 Å². The third-order valence-electron chi connectivity index (χ3n) is 1.15. The number of hydrogen-bond donors (Lipinski definition) is 0. The van der Waals surface area contributed by atoms with Crippen molar-refractivity contribution in [2.75, 3.05) is 14.1 Å². The van der Waals surface area contributed by atoms with E-state index in [4.69, 9.17) is 0 Å². The largest absolute Gasteiger partial charge is 0.383 e. The van der Waals surface area contributed by atoms with E-state index in [0.29, 0.717) is 0 Å². The second kappa shape index (κ2) is 3.91. The molecule has 0 saturated carbocycles. The maximum atomic E-state index is 10.8. The summed E-state index contributed by atoms with van der Waals surface area (Å²) < 4.78 is 0. The van der Waals surface area contributed by atoms with Crippen molar-refractivity contribution in [3.8, 4) is 0 Å². The van der Waals surface area contributed by atoms with Crippen molar-refractivity contribution >= 4 is 11.6 Å². The average Bonchev–Trinajstić information content (AvgIpc) is 1.81. The number of carbonyl (C=O) groups is 2. The number of hydrogen-bond acceptors (Lipinski definition) is 3. The van der Waals surface area contributed by atoms with Gasteiger partial charge in [-0.25, -0.2) is 0 Å². The van der Waals surface area contributed by atoms with Gasteiger partial charge in [-0.2, -0.15) is 0 Å². The Balaban J connectivity index is 4.60. The van der Waals surface area contributed by atoms with Crippen LogP contribution in [-0.2, 0) is 9.59 Å². The van der Waals surface area contributed by atoms with Crippen LogP contribution in [0, 0.1) is 0 Å². The lowest BCUT2D eigenvalue weighted by molar-refractivity contribution is -0.119. The first-order valence-electron chi connectivity index (χ1n) is 3.35. The van der Waals surface area contributed by atoms with Crippen LogP contribution in [0.15, 0.2) is 11.8 Å². The molecule has 62 valence electrons. The number of ketones is 2. The summed E-state index contributed by atoms with van der Waals surface area (Å²) >= 11 is 0. The third kappa shape index (κ3) is 3.55. The van der Waals surface area contributed by atoms with E-state index in [-0.39, 0.29) is 17.1 Å². The molecule has 0 unspecified atom stereocenters. The molecule has 0 atom stereocenters. The van der Waals surface area contributed by atoms with Gasteiger partial charge in [0.15, 0.2) is 11.6 Å². The van der Waals surface area contributed by atoms with Gasteiger partial charge in [0.25, 0.3) is 0 Å². The van der Waals surface area contributed by atoms with Crippen LogP contribution >= 0.6 is 0 Å². The molecular formula is C8H13NO2. The predicted molar refractivity (Wildman–Crippen MR) is 43.1 cm³/mol. The molecule has 0 saturated heterocycles. The molecule has 0 rings (SSSR count). The average molecular weight is 155 g/mol. The predicted octanol–water partition coefficient (Wildman–Crippen LogP) is 0.610. The van der Waals surface area contributed by atoms with Gasteiger partial charge < -0.3 is 4.90 Å². The van der Waals surface area contributed by atoms with E-state index in [1.807, 2.05) is 0 Å². The Bertz CT molecular complexity index is 188. The van der Waals surface area contributed by atoms with Crippen LogP contribution in [0.25, 0.3) is 0 Å². The third-order valence-corrected chi connectivity index (χ3v) is 1.15. The first-order chi connectivity index (χ1) is 4.95. The summed E-state index contributed by atoms with van der Waals surface area (Å²) in [6, 6.07) is 0. The van der Waals surface area contributed by atoms with Gasteiger partial charge in [0.1, 0.15) is 0 Å². The molecule has 0 aliphatic rings. The van der Waals surface area contributed by atoms with Gasteiger partial charge in [0, 0.05) is 20.3 Å². The zero-order valence-electron chi connectivity index (χ0n) is 7.34. The van der Waals surface area contributed by atoms with Gasteiger partial charge >= 0.3 is 0 Å². The van der Waals surface area contributed by atoms with Crippen molar-refractivity contribution in [3.63, 3.8) is 0 Å². The Morgan fingerprint density at radius 1 is 1.09 bits per heavy atom. The van der Waals surface area contributed by atoms with Gasteiger partial charge in [0.05, 0.1) is 5.57 Å². The zero-order valence-corrected chi connectivity index (χ0v) is 7.34. The number of nitrogens with zero attached hydrogens (tertiary/aromatic N) is 1. The van der Waals surface area contributed by atoms with Crippen molar-refractivity contribution in [1.29, 1.82) is 0 Å². The van der Waals surface area contributed by atoms with Crippen LogP contribution in [0.3, 0.4) is 0 Å². The fourth-order valence-corrected chi connectivity index (χ4v) is 0.688. The highest BCUT2D eigenvalue weighted by molar-refractivity contribution is 6.18. The number of rotatable bonds is 3. The maximum absolute atomic E-state index is 10.8. The van der Waals surface area contributed by atoms with Crippen molar-refractivity contribution in [2.24, 2.45) is 0 Å². The first-order valence-corrected chi connectivity index (χ1v) is 3.35. The SMILES string of the molecule is CC(=O)C(=CN(C)C)C(C)=O. The molecule has 0 aromatic heterocycles. The quantitative estimate of drug-likeness (QED) is 0.340. The summed E-state index contributed by atoms with van der Waals surface area (Å²) in [5, 5.41) is 0. The zero-order chi connectivity index (χ0) is 9.02. The first kappa shape index (κ1) is 9.88. The molecule has 0 aromatic rings. The van der Waals surface area contributed by atoms with Crippen LogP contribution in [0.2, 0.25) is 0 Å². The van der Waals surface area contributed by atoms with Gasteiger partial charge in [-0.3, -0.25) is 9.59 Å². The number of Topliss-reactive ketones (excluding diaryl/α,β-unsaturated/α-hetero) is 2. The van der Waals surface area contributed by atoms with E-state index in [0.717, 1.165) is 0 Å². The maximum Gasteiger partial charge on any atom is 0.164 e. The van der Waals surface area contributed by atoms with Gasteiger partial charge in [-0.1, -0.05) is 0 Å². The van der Waals surface area contributed by atoms with Gasteiger partial charge in [-0.05, 0) is 13.8 Å². The lowest BCUT2D eigenvalue weighted by Gasteiger charge is -2.06. The van der Waals surface area contributed by atoms with Crippen LogP contribution < -0.4 is 0 Å².